The van der Waals surface area contributed by atoms with Gasteiger partial charge >= 0.3 is 0 Å². The van der Waals surface area contributed by atoms with E-state index in [4.69, 9.17) is 4.42 Å². The highest BCUT2D eigenvalue weighted by Gasteiger charge is 2.10. The Labute approximate surface area is 106 Å². The molecule has 0 N–H and O–H groups in total. The number of Topliss-reactive ketones (excluding diaryl/α,β-unsaturated/α-hetero) is 1. The third-order valence-corrected chi connectivity index (χ3v) is 2.72. The lowest BCUT2D eigenvalue weighted by Gasteiger charge is -2.03. The maximum atomic E-state index is 11.8. The Hall–Kier alpha value is -1.91. The molecule has 5 heteroatoms. The van der Waals surface area contributed by atoms with Gasteiger partial charge in [-0.1, -0.05) is 6.92 Å². The molecular formula is C13H17N3O2. The number of hydrogen-bond donors (Lipinski definition) is 0. The molecular weight excluding hydrogens is 230 g/mol. The molecule has 2 heterocycles. The van der Waals surface area contributed by atoms with Crippen molar-refractivity contribution >= 4 is 5.78 Å². The number of rotatable bonds is 7. The Morgan fingerprint density at radius 3 is 3.11 bits per heavy atom. The van der Waals surface area contributed by atoms with Gasteiger partial charge in [-0.15, -0.1) is 0 Å². The van der Waals surface area contributed by atoms with Gasteiger partial charge in [-0.05, 0) is 18.6 Å². The van der Waals surface area contributed by atoms with Gasteiger partial charge in [0.05, 0.1) is 12.7 Å². The average Bonchev–Trinajstić information content (AvgIpc) is 2.99. The van der Waals surface area contributed by atoms with Gasteiger partial charge in [0, 0.05) is 19.4 Å². The average molecular weight is 247 g/mol. The van der Waals surface area contributed by atoms with Crippen molar-refractivity contribution in [2.24, 2.45) is 0 Å². The second kappa shape index (κ2) is 6.14. The first-order chi connectivity index (χ1) is 8.79. The van der Waals surface area contributed by atoms with Gasteiger partial charge in [0.15, 0.2) is 0 Å². The number of carbonyl (C=O) groups excluding carboxylic acids is 1. The van der Waals surface area contributed by atoms with Gasteiger partial charge in [-0.2, -0.15) is 5.10 Å². The fourth-order valence-corrected chi connectivity index (χ4v) is 1.81. The minimum atomic E-state index is 0.164. The fourth-order valence-electron chi connectivity index (χ4n) is 1.81. The van der Waals surface area contributed by atoms with Crippen molar-refractivity contribution in [3.05, 3.63) is 36.3 Å². The summed E-state index contributed by atoms with van der Waals surface area (Å²) in [6.07, 6.45) is 5.58. The van der Waals surface area contributed by atoms with Gasteiger partial charge < -0.3 is 4.42 Å². The molecule has 0 bridgehead atoms. The summed E-state index contributed by atoms with van der Waals surface area (Å²) in [5.41, 5.74) is 0. The quantitative estimate of drug-likeness (QED) is 0.751. The van der Waals surface area contributed by atoms with Crippen molar-refractivity contribution in [1.29, 1.82) is 0 Å². The molecule has 2 aromatic rings. The predicted octanol–water partition coefficient (Wildman–Crippen LogP) is 2.03. The van der Waals surface area contributed by atoms with Crippen LogP contribution in [0.2, 0.25) is 0 Å². The highest BCUT2D eigenvalue weighted by atomic mass is 16.3. The maximum absolute atomic E-state index is 11.8. The first-order valence-corrected chi connectivity index (χ1v) is 6.20. The van der Waals surface area contributed by atoms with Gasteiger partial charge in [0.1, 0.15) is 23.7 Å². The zero-order valence-corrected chi connectivity index (χ0v) is 10.5. The van der Waals surface area contributed by atoms with Crippen LogP contribution >= 0.6 is 0 Å². The smallest absolute Gasteiger partial charge is 0.140 e. The molecule has 18 heavy (non-hydrogen) atoms. The molecule has 0 radical (unpaired) electrons. The number of furan rings is 1. The number of hydrogen-bond acceptors (Lipinski definition) is 4. The second-order valence-corrected chi connectivity index (χ2v) is 4.19. The van der Waals surface area contributed by atoms with E-state index in [1.54, 1.807) is 10.9 Å². The molecule has 0 amide bonds. The number of aromatic nitrogens is 3. The first-order valence-electron chi connectivity index (χ1n) is 6.20. The third-order valence-electron chi connectivity index (χ3n) is 2.72. The largest absolute Gasteiger partial charge is 0.469 e. The van der Waals surface area contributed by atoms with E-state index in [1.165, 1.54) is 6.33 Å². The molecule has 2 aromatic heterocycles. The molecule has 0 aliphatic heterocycles. The summed E-state index contributed by atoms with van der Waals surface area (Å²) in [5.74, 6) is 1.76. The molecule has 5 nitrogen and oxygen atoms in total. The Morgan fingerprint density at radius 1 is 1.50 bits per heavy atom. The van der Waals surface area contributed by atoms with Crippen molar-refractivity contribution in [2.45, 2.75) is 39.2 Å². The van der Waals surface area contributed by atoms with E-state index < -0.39 is 0 Å². The fraction of sp³-hybridized carbons (Fsp3) is 0.462. The van der Waals surface area contributed by atoms with Gasteiger partial charge in [-0.3, -0.25) is 4.79 Å². The first kappa shape index (κ1) is 12.5. The lowest BCUT2D eigenvalue weighted by atomic mass is 10.1. The zero-order valence-electron chi connectivity index (χ0n) is 10.5. The normalized spacial score (nSPS) is 10.7. The third kappa shape index (κ3) is 3.29. The van der Waals surface area contributed by atoms with Crippen LogP contribution < -0.4 is 0 Å². The van der Waals surface area contributed by atoms with Gasteiger partial charge in [-0.25, -0.2) is 9.67 Å². The number of nitrogens with zero attached hydrogens (tertiary/aromatic N) is 3. The van der Waals surface area contributed by atoms with Crippen molar-refractivity contribution in [2.75, 3.05) is 0 Å². The van der Waals surface area contributed by atoms with Crippen molar-refractivity contribution < 1.29 is 9.21 Å². The number of ketones is 1. The summed E-state index contributed by atoms with van der Waals surface area (Å²) in [7, 11) is 0. The number of aryl methyl sites for hydroxylation is 2. The summed E-state index contributed by atoms with van der Waals surface area (Å²) < 4.78 is 6.99. The summed E-state index contributed by atoms with van der Waals surface area (Å²) in [5, 5.41) is 4.10. The van der Waals surface area contributed by atoms with Crippen LogP contribution in [0, 0.1) is 0 Å². The van der Waals surface area contributed by atoms with E-state index in [0.717, 1.165) is 24.6 Å². The van der Waals surface area contributed by atoms with Crippen LogP contribution in [0.1, 0.15) is 31.4 Å². The highest BCUT2D eigenvalue weighted by molar-refractivity contribution is 5.80. The van der Waals surface area contributed by atoms with Crippen molar-refractivity contribution in [1.82, 2.24) is 14.8 Å². The Kier molecular flexibility index (Phi) is 4.28. The van der Waals surface area contributed by atoms with Crippen LogP contribution in [0.5, 0.6) is 0 Å². The standard InChI is InChI=1S/C13H17N3O2/c1-2-7-16-13(14-10-15-16)9-11(17)5-6-12-4-3-8-18-12/h3-4,8,10H,2,5-7,9H2,1H3. The summed E-state index contributed by atoms with van der Waals surface area (Å²) >= 11 is 0. The van der Waals surface area contributed by atoms with Crippen LogP contribution in [0.3, 0.4) is 0 Å². The minimum Gasteiger partial charge on any atom is -0.469 e. The van der Waals surface area contributed by atoms with E-state index in [0.29, 0.717) is 19.3 Å². The molecule has 0 aliphatic carbocycles. The maximum Gasteiger partial charge on any atom is 0.140 e. The van der Waals surface area contributed by atoms with Gasteiger partial charge in [0.25, 0.3) is 0 Å². The number of carbonyl (C=O) groups is 1. The topological polar surface area (TPSA) is 60.9 Å². The zero-order chi connectivity index (χ0) is 12.8. The molecule has 2 rings (SSSR count). The Balaban J connectivity index is 1.85. The molecule has 0 unspecified atom stereocenters. The molecule has 0 fully saturated rings. The molecule has 0 atom stereocenters. The lowest BCUT2D eigenvalue weighted by Crippen LogP contribution is -2.11. The molecule has 0 aliphatic rings. The molecule has 0 saturated carbocycles. The molecule has 0 saturated heterocycles. The van der Waals surface area contributed by atoms with Gasteiger partial charge in [0.2, 0.25) is 0 Å². The molecule has 96 valence electrons. The molecule has 0 spiro atoms. The minimum absolute atomic E-state index is 0.164. The van der Waals surface area contributed by atoms with Crippen molar-refractivity contribution in [3.8, 4) is 0 Å². The van der Waals surface area contributed by atoms with Crippen LogP contribution in [-0.4, -0.2) is 20.5 Å². The van der Waals surface area contributed by atoms with Crippen LogP contribution in [0.15, 0.2) is 29.1 Å². The van der Waals surface area contributed by atoms with Crippen LogP contribution in [-0.2, 0) is 24.2 Å². The van der Waals surface area contributed by atoms with E-state index in [2.05, 4.69) is 17.0 Å². The van der Waals surface area contributed by atoms with Crippen LogP contribution in [0.4, 0.5) is 0 Å². The SMILES string of the molecule is CCCn1ncnc1CC(=O)CCc1ccco1. The highest BCUT2D eigenvalue weighted by Crippen LogP contribution is 2.06. The lowest BCUT2D eigenvalue weighted by molar-refractivity contribution is -0.118. The monoisotopic (exact) mass is 247 g/mol. The van der Waals surface area contributed by atoms with E-state index in [9.17, 15) is 4.79 Å². The van der Waals surface area contributed by atoms with E-state index >= 15 is 0 Å². The summed E-state index contributed by atoms with van der Waals surface area (Å²) in [6, 6.07) is 3.71. The Bertz CT molecular complexity index is 488. The van der Waals surface area contributed by atoms with Crippen LogP contribution in [0.25, 0.3) is 0 Å². The molecule has 0 aromatic carbocycles. The van der Waals surface area contributed by atoms with E-state index in [1.807, 2.05) is 12.1 Å². The second-order valence-electron chi connectivity index (χ2n) is 4.19. The summed E-state index contributed by atoms with van der Waals surface area (Å²) in [4.78, 5) is 16.0. The van der Waals surface area contributed by atoms with Crippen molar-refractivity contribution in [3.63, 3.8) is 0 Å². The predicted molar refractivity (Wildman–Crippen MR) is 66.1 cm³/mol. The summed E-state index contributed by atoms with van der Waals surface area (Å²) in [6.45, 7) is 2.88. The Morgan fingerprint density at radius 2 is 2.39 bits per heavy atom. The van der Waals surface area contributed by atoms with E-state index in [-0.39, 0.29) is 5.78 Å².